The van der Waals surface area contributed by atoms with Gasteiger partial charge in [-0.05, 0) is 25.7 Å². The molecule has 0 aromatic carbocycles. The van der Waals surface area contributed by atoms with Crippen molar-refractivity contribution in [1.82, 2.24) is 19.8 Å². The summed E-state index contributed by atoms with van der Waals surface area (Å²) in [6.07, 6.45) is 2.14. The van der Waals surface area contributed by atoms with Crippen molar-refractivity contribution in [2.45, 2.75) is 26.7 Å². The quantitative estimate of drug-likeness (QED) is 0.868. The summed E-state index contributed by atoms with van der Waals surface area (Å²) in [7, 11) is 0. The molecule has 0 bridgehead atoms. The Hall–Kier alpha value is -1.73. The van der Waals surface area contributed by atoms with Crippen LogP contribution >= 0.6 is 0 Å². The van der Waals surface area contributed by atoms with E-state index in [0.29, 0.717) is 17.4 Å². The molecule has 0 radical (unpaired) electrons. The van der Waals surface area contributed by atoms with Gasteiger partial charge in [0.15, 0.2) is 0 Å². The Bertz CT molecular complexity index is 581. The van der Waals surface area contributed by atoms with Gasteiger partial charge in [0.05, 0.1) is 13.2 Å². The van der Waals surface area contributed by atoms with Gasteiger partial charge >= 0.3 is 0 Å². The first kappa shape index (κ1) is 18.1. The van der Waals surface area contributed by atoms with Gasteiger partial charge in [-0.15, -0.1) is 0 Å². The molecule has 0 atom stereocenters. The fourth-order valence-corrected chi connectivity index (χ4v) is 3.31. The third kappa shape index (κ3) is 5.12. The molecule has 1 N–H and O–H groups in total. The Morgan fingerprint density at radius 1 is 1.24 bits per heavy atom. The molecule has 25 heavy (non-hydrogen) atoms. The number of carbonyl (C=O) groups excluding carboxylic acids is 1. The van der Waals surface area contributed by atoms with Gasteiger partial charge in [-0.2, -0.15) is 0 Å². The van der Waals surface area contributed by atoms with Gasteiger partial charge in [0, 0.05) is 45.3 Å². The third-order valence-electron chi connectivity index (χ3n) is 4.97. The van der Waals surface area contributed by atoms with Crippen LogP contribution < -0.4 is 5.32 Å². The van der Waals surface area contributed by atoms with E-state index in [4.69, 9.17) is 4.74 Å². The van der Waals surface area contributed by atoms with Crippen LogP contribution in [0.3, 0.4) is 0 Å². The largest absolute Gasteiger partial charge is 0.379 e. The van der Waals surface area contributed by atoms with Crippen LogP contribution in [0.5, 0.6) is 0 Å². The van der Waals surface area contributed by atoms with Crippen molar-refractivity contribution in [3.8, 4) is 0 Å². The summed E-state index contributed by atoms with van der Waals surface area (Å²) in [5, 5.41) is 3.33. The number of aryl methyl sites for hydroxylation is 1. The zero-order chi connectivity index (χ0) is 17.6. The average Bonchev–Trinajstić information content (AvgIpc) is 2.62. The zero-order valence-corrected chi connectivity index (χ0v) is 15.3. The highest BCUT2D eigenvalue weighted by Gasteiger charge is 2.23. The fourth-order valence-electron chi connectivity index (χ4n) is 3.31. The number of nitrogens with zero attached hydrogens (tertiary/aromatic N) is 4. The van der Waals surface area contributed by atoms with E-state index >= 15 is 0 Å². The number of aromatic nitrogens is 2. The molecule has 3 rings (SSSR count). The van der Waals surface area contributed by atoms with Gasteiger partial charge in [0.2, 0.25) is 0 Å². The highest BCUT2D eigenvalue weighted by Crippen LogP contribution is 2.18. The van der Waals surface area contributed by atoms with Crippen LogP contribution in [-0.4, -0.2) is 78.2 Å². The smallest absolute Gasteiger partial charge is 0.272 e. The lowest BCUT2D eigenvalue weighted by Crippen LogP contribution is -2.39. The van der Waals surface area contributed by atoms with Crippen molar-refractivity contribution in [2.75, 3.05) is 57.8 Å². The fraction of sp³-hybridized carbons (Fsp3) is 0.722. The highest BCUT2D eigenvalue weighted by molar-refractivity contribution is 5.93. The van der Waals surface area contributed by atoms with Crippen LogP contribution in [0, 0.1) is 12.8 Å². The molecule has 7 heteroatoms. The lowest BCUT2D eigenvalue weighted by atomic mass is 9.99. The molecule has 2 saturated heterocycles. The molecule has 2 aliphatic rings. The summed E-state index contributed by atoms with van der Waals surface area (Å²) in [6.45, 7) is 11.0. The number of rotatable bonds is 5. The number of hydrogen-bond acceptors (Lipinski definition) is 6. The number of morpholine rings is 1. The number of piperidine rings is 1. The van der Waals surface area contributed by atoms with Crippen LogP contribution in [0.1, 0.15) is 36.1 Å². The average molecular weight is 347 g/mol. The molecule has 0 spiro atoms. The second kappa shape index (κ2) is 8.58. The predicted octanol–water partition coefficient (Wildman–Crippen LogP) is 1.40. The minimum absolute atomic E-state index is 0.0219. The van der Waals surface area contributed by atoms with E-state index in [9.17, 15) is 4.79 Å². The van der Waals surface area contributed by atoms with Crippen LogP contribution in [-0.2, 0) is 4.74 Å². The van der Waals surface area contributed by atoms with Crippen molar-refractivity contribution in [2.24, 2.45) is 5.92 Å². The summed E-state index contributed by atoms with van der Waals surface area (Å²) in [4.78, 5) is 25.8. The second-order valence-corrected chi connectivity index (χ2v) is 7.04. The van der Waals surface area contributed by atoms with E-state index in [-0.39, 0.29) is 5.91 Å². The molecule has 3 heterocycles. The zero-order valence-electron chi connectivity index (χ0n) is 15.3. The Morgan fingerprint density at radius 2 is 1.96 bits per heavy atom. The maximum atomic E-state index is 12.7. The molecule has 2 aliphatic heterocycles. The number of likely N-dealkylation sites (tertiary alicyclic amines) is 1. The molecule has 1 amide bonds. The minimum atomic E-state index is 0.0219. The Kier molecular flexibility index (Phi) is 6.20. The van der Waals surface area contributed by atoms with Gasteiger partial charge in [0.1, 0.15) is 17.3 Å². The molecule has 1 aromatic rings. The standard InChI is InChI=1S/C18H29N5O2/c1-14-3-6-23(7-4-14)18(24)16-13-17(21-15(2)20-16)19-5-8-22-9-11-25-12-10-22/h13-14H,3-12H2,1-2H3,(H,19,20,21). The van der Waals surface area contributed by atoms with Crippen LogP contribution in [0.15, 0.2) is 6.07 Å². The van der Waals surface area contributed by atoms with Gasteiger partial charge < -0.3 is 15.0 Å². The molecule has 1 aromatic heterocycles. The first-order valence-electron chi connectivity index (χ1n) is 9.31. The van der Waals surface area contributed by atoms with Gasteiger partial charge in [-0.3, -0.25) is 9.69 Å². The first-order chi connectivity index (χ1) is 12.1. The monoisotopic (exact) mass is 347 g/mol. The van der Waals surface area contributed by atoms with E-state index in [1.165, 1.54) is 0 Å². The normalized spacial score (nSPS) is 19.8. The maximum Gasteiger partial charge on any atom is 0.272 e. The summed E-state index contributed by atoms with van der Waals surface area (Å²) < 4.78 is 5.36. The highest BCUT2D eigenvalue weighted by atomic mass is 16.5. The van der Waals surface area contributed by atoms with Crippen molar-refractivity contribution in [3.05, 3.63) is 17.6 Å². The van der Waals surface area contributed by atoms with E-state index in [0.717, 1.165) is 71.1 Å². The number of carbonyl (C=O) groups is 1. The molecule has 0 unspecified atom stereocenters. The first-order valence-corrected chi connectivity index (χ1v) is 9.31. The van der Waals surface area contributed by atoms with Crippen molar-refractivity contribution < 1.29 is 9.53 Å². The minimum Gasteiger partial charge on any atom is -0.379 e. The summed E-state index contributed by atoms with van der Waals surface area (Å²) in [5.74, 6) is 2.09. The van der Waals surface area contributed by atoms with E-state index in [1.54, 1.807) is 6.07 Å². The summed E-state index contributed by atoms with van der Waals surface area (Å²) >= 11 is 0. The third-order valence-corrected chi connectivity index (χ3v) is 4.97. The van der Waals surface area contributed by atoms with Gasteiger partial charge in [-0.1, -0.05) is 6.92 Å². The van der Waals surface area contributed by atoms with E-state index < -0.39 is 0 Å². The Morgan fingerprint density at radius 3 is 2.68 bits per heavy atom. The molecule has 0 aliphatic carbocycles. The molecular formula is C18H29N5O2. The van der Waals surface area contributed by atoms with Crippen molar-refractivity contribution in [1.29, 1.82) is 0 Å². The number of nitrogens with one attached hydrogen (secondary N) is 1. The number of ether oxygens (including phenoxy) is 1. The van der Waals surface area contributed by atoms with Crippen LogP contribution in [0.4, 0.5) is 5.82 Å². The van der Waals surface area contributed by atoms with Crippen LogP contribution in [0.2, 0.25) is 0 Å². The van der Waals surface area contributed by atoms with E-state index in [1.807, 2.05) is 11.8 Å². The lowest BCUT2D eigenvalue weighted by molar-refractivity contribution is 0.0398. The molecular weight excluding hydrogens is 318 g/mol. The molecule has 0 saturated carbocycles. The Balaban J connectivity index is 1.56. The number of anilines is 1. The topological polar surface area (TPSA) is 70.6 Å². The van der Waals surface area contributed by atoms with Gasteiger partial charge in [-0.25, -0.2) is 9.97 Å². The second-order valence-electron chi connectivity index (χ2n) is 7.04. The van der Waals surface area contributed by atoms with Crippen molar-refractivity contribution >= 4 is 11.7 Å². The maximum absolute atomic E-state index is 12.7. The van der Waals surface area contributed by atoms with Gasteiger partial charge in [0.25, 0.3) is 5.91 Å². The SMILES string of the molecule is Cc1nc(NCCN2CCOCC2)cc(C(=O)N2CCC(C)CC2)n1. The molecule has 2 fully saturated rings. The van der Waals surface area contributed by atoms with Crippen LogP contribution in [0.25, 0.3) is 0 Å². The molecule has 7 nitrogen and oxygen atoms in total. The number of hydrogen-bond donors (Lipinski definition) is 1. The van der Waals surface area contributed by atoms with Crippen molar-refractivity contribution in [3.63, 3.8) is 0 Å². The molecule has 138 valence electrons. The predicted molar refractivity (Wildman–Crippen MR) is 96.8 cm³/mol. The lowest BCUT2D eigenvalue weighted by Gasteiger charge is -2.30. The Labute approximate surface area is 149 Å². The van der Waals surface area contributed by atoms with E-state index in [2.05, 4.69) is 27.1 Å². The number of amides is 1. The summed E-state index contributed by atoms with van der Waals surface area (Å²) in [5.41, 5.74) is 0.496. The summed E-state index contributed by atoms with van der Waals surface area (Å²) in [6, 6.07) is 1.78.